The molecule has 2 aliphatic carbocycles. The van der Waals surface area contributed by atoms with Crippen LogP contribution < -0.4 is 16.0 Å². The molecule has 5 aliphatic rings. The fourth-order valence-electron chi connectivity index (χ4n) is 8.67. The zero-order chi connectivity index (χ0) is 55.5. The Morgan fingerprint density at radius 1 is 0.750 bits per heavy atom. The molecule has 5 rings (SSSR count). The summed E-state index contributed by atoms with van der Waals surface area (Å²) in [4.78, 5) is 37.4. The van der Waals surface area contributed by atoms with Crippen LogP contribution in [0.5, 0.6) is 0 Å². The lowest BCUT2D eigenvalue weighted by Gasteiger charge is -2.48. The number of hydrogen-bond acceptors (Lipinski definition) is 18. The molecule has 3 fully saturated rings. The number of allylic oxidation sites excluding steroid dienone is 25. The van der Waals surface area contributed by atoms with Gasteiger partial charge in [0.25, 0.3) is 5.79 Å². The minimum atomic E-state index is -2.88. The molecule has 414 valence electrons. The molecule has 0 aromatic heterocycles. The molecule has 0 bridgehead atoms. The van der Waals surface area contributed by atoms with Gasteiger partial charge >= 0.3 is 5.97 Å². The fourth-order valence-corrected chi connectivity index (χ4v) is 8.67. The molecule has 13 N–H and O–H groups in total. The van der Waals surface area contributed by atoms with Crippen LogP contribution >= 0.6 is 0 Å². The van der Waals surface area contributed by atoms with Crippen LogP contribution in [0.2, 0.25) is 0 Å². The lowest BCUT2D eigenvalue weighted by molar-refractivity contribution is -0.353. The average Bonchev–Trinajstić information content (AvgIpc) is 3.37. The van der Waals surface area contributed by atoms with Gasteiger partial charge in [0.15, 0.2) is 12.5 Å². The van der Waals surface area contributed by atoms with Crippen molar-refractivity contribution in [2.75, 3.05) is 19.8 Å². The number of aliphatic hydroxyl groups excluding tert-OH is 9. The fraction of sp³-hybridized carbons (Fsp3) is 0.436. The molecule has 0 aromatic rings. The van der Waals surface area contributed by atoms with Gasteiger partial charge in [0.2, 0.25) is 11.8 Å². The van der Waals surface area contributed by atoms with Crippen molar-refractivity contribution in [3.63, 3.8) is 0 Å². The Labute approximate surface area is 440 Å². The van der Waals surface area contributed by atoms with Gasteiger partial charge in [-0.25, -0.2) is 4.79 Å². The van der Waals surface area contributed by atoms with Crippen LogP contribution in [0.3, 0.4) is 0 Å². The molecule has 0 aromatic carbocycles. The van der Waals surface area contributed by atoms with Gasteiger partial charge in [-0.3, -0.25) is 9.59 Å². The van der Waals surface area contributed by atoms with Crippen LogP contribution in [0, 0.1) is 0 Å². The summed E-state index contributed by atoms with van der Waals surface area (Å²) < 4.78 is 29.3. The van der Waals surface area contributed by atoms with E-state index < -0.39 is 142 Å². The maximum atomic E-state index is 12.8. The van der Waals surface area contributed by atoms with E-state index in [0.717, 1.165) is 23.6 Å². The Morgan fingerprint density at radius 3 is 1.97 bits per heavy atom. The van der Waals surface area contributed by atoms with Gasteiger partial charge in [-0.15, -0.1) is 0 Å². The third-order valence-electron chi connectivity index (χ3n) is 12.7. The molecule has 16 atom stereocenters. The van der Waals surface area contributed by atoms with Crippen molar-refractivity contribution in [3.05, 3.63) is 168 Å². The maximum absolute atomic E-state index is 12.8. The van der Waals surface area contributed by atoms with Crippen molar-refractivity contribution in [1.29, 1.82) is 0 Å². The first kappa shape index (κ1) is 60.9. The zero-order valence-electron chi connectivity index (χ0n) is 42.3. The van der Waals surface area contributed by atoms with Crippen molar-refractivity contribution < 1.29 is 89.1 Å². The van der Waals surface area contributed by atoms with Crippen molar-refractivity contribution >= 4 is 17.8 Å². The van der Waals surface area contributed by atoms with Crippen molar-refractivity contribution in [3.8, 4) is 0 Å². The van der Waals surface area contributed by atoms with E-state index in [2.05, 4.69) is 22.5 Å². The van der Waals surface area contributed by atoms with Gasteiger partial charge in [-0.2, -0.15) is 0 Å². The number of aliphatic carboxylic acids is 1. The van der Waals surface area contributed by atoms with Gasteiger partial charge in [-0.05, 0) is 35.6 Å². The molecule has 3 heterocycles. The number of carboxylic acids is 1. The van der Waals surface area contributed by atoms with E-state index in [0.29, 0.717) is 17.7 Å². The molecule has 21 heteroatoms. The number of amides is 2. The second-order valence-electron chi connectivity index (χ2n) is 18.3. The minimum absolute atomic E-state index is 0.372. The summed E-state index contributed by atoms with van der Waals surface area (Å²) >= 11 is 0. The molecule has 76 heavy (non-hydrogen) atoms. The highest BCUT2D eigenvalue weighted by molar-refractivity contribution is 5.76. The SMILES string of the molecule is C=C1\C=C/C=C(C)/C(C2=C/C=C\C=C/C=C\C=C/C=C\C=C/C=C\2)=C\C=C\C/C=C\1N[C@@H]1OC(CO)C(O[C@@H]2OC(COC3(C(=O)O)CC(O)[C@@H](NC(C)=O)C([C@H](O)[C@H](O)CO)O3)C(O)[C@H](O)C2O)[C@H](O)C1NC(C)=O. The lowest BCUT2D eigenvalue weighted by atomic mass is 9.88. The smallest absolute Gasteiger partial charge is 0.364 e. The van der Waals surface area contributed by atoms with Crippen LogP contribution in [0.15, 0.2) is 168 Å². The second-order valence-corrected chi connectivity index (χ2v) is 18.3. The van der Waals surface area contributed by atoms with Gasteiger partial charge < -0.3 is 90.7 Å². The molecule has 3 aliphatic heterocycles. The summed E-state index contributed by atoms with van der Waals surface area (Å²) in [5, 5.41) is 116. The van der Waals surface area contributed by atoms with Gasteiger partial charge in [-0.1, -0.05) is 140 Å². The quantitative estimate of drug-likeness (QED) is 0.104. The molecule has 21 nitrogen and oxygen atoms in total. The first-order chi connectivity index (χ1) is 36.3. The summed E-state index contributed by atoms with van der Waals surface area (Å²) in [6.45, 7) is 5.66. The Balaban J connectivity index is 1.35. The van der Waals surface area contributed by atoms with Crippen LogP contribution in [0.1, 0.15) is 33.6 Å². The van der Waals surface area contributed by atoms with E-state index in [1.807, 2.05) is 135 Å². The van der Waals surface area contributed by atoms with E-state index in [1.165, 1.54) is 6.92 Å². The normalized spacial score (nSPS) is 39.9. The van der Waals surface area contributed by atoms with Crippen molar-refractivity contribution in [2.24, 2.45) is 0 Å². The van der Waals surface area contributed by atoms with Gasteiger partial charge in [0, 0.05) is 26.0 Å². The van der Waals surface area contributed by atoms with Gasteiger partial charge in [0.05, 0.1) is 32.0 Å². The van der Waals surface area contributed by atoms with E-state index >= 15 is 0 Å². The van der Waals surface area contributed by atoms with Crippen LogP contribution in [0.25, 0.3) is 0 Å². The molecular formula is C55H71N3O18. The molecule has 0 saturated carbocycles. The minimum Gasteiger partial charge on any atom is -0.477 e. The van der Waals surface area contributed by atoms with Crippen molar-refractivity contribution in [1.82, 2.24) is 16.0 Å². The molecule has 0 spiro atoms. The Hall–Kier alpha value is -5.99. The number of aliphatic hydroxyl groups is 9. The summed E-state index contributed by atoms with van der Waals surface area (Å²) in [7, 11) is 0. The molecule has 2 amide bonds. The number of rotatable bonds is 15. The van der Waals surface area contributed by atoms with E-state index in [1.54, 1.807) is 6.08 Å². The molecule has 3 saturated heterocycles. The standard InChI is InChI=1S/C55H71N3O18/c1-32-22-21-23-33(2)38(27-20-16-19-26-37(32)36-24-17-14-12-10-8-6-5-7-9-11-13-15-18-25-36)58-52-44(57-35(4)62)47(67)50(41(30-60)73-52)75-53-49(69)48(68)46(66)42(74-53)31-72-55(54(70)71)28-39(63)43(56-34(3)61)51(76-55)45(65)40(64)29-59/h5-19,21-27,39-53,58-60,63-69H,2,20,28-31H2,1,3-4H3,(H,56,61)(H,57,62)(H,70,71)/b6-5-,7-5?,8-6?,9-7-,10-8-,11-9?,12-10?,13-11-,14-12-,15-13?,17-14?,18-15-,19-16+,23-21-,24-17-,25-18?,32-22+,36-24?,36-25+,37-26+,38-27+/t39?,40-,41?,42?,43-,44?,45-,46?,47-,48+,49?,50?,51?,52-,53+,55?/m1/s1. The summed E-state index contributed by atoms with van der Waals surface area (Å²) in [5.41, 5.74) is 3.74. The largest absolute Gasteiger partial charge is 0.477 e. The maximum Gasteiger partial charge on any atom is 0.364 e. The number of nitrogens with one attached hydrogen (secondary N) is 3. The highest BCUT2D eigenvalue weighted by atomic mass is 16.8. The van der Waals surface area contributed by atoms with E-state index in [9.17, 15) is 65.4 Å². The number of carbonyl (C=O) groups is 3. The summed E-state index contributed by atoms with van der Waals surface area (Å²) in [6, 6.07) is -2.84. The first-order valence-corrected chi connectivity index (χ1v) is 24.6. The highest BCUT2D eigenvalue weighted by Crippen LogP contribution is 2.36. The number of hydrogen-bond donors (Lipinski definition) is 13. The Kier molecular flexibility index (Phi) is 23.6. The van der Waals surface area contributed by atoms with Crippen LogP contribution in [-0.2, 0) is 38.1 Å². The summed E-state index contributed by atoms with van der Waals surface area (Å²) in [6.07, 6.45) is 18.2. The number of ether oxygens (including phenoxy) is 5. The average molecular weight is 1060 g/mol. The Bertz CT molecular complexity index is 2430. The van der Waals surface area contributed by atoms with E-state index in [4.69, 9.17) is 23.7 Å². The lowest BCUT2D eigenvalue weighted by Crippen LogP contribution is -2.69. The van der Waals surface area contributed by atoms with Crippen LogP contribution in [-0.4, -0.2) is 186 Å². The third-order valence-corrected chi connectivity index (χ3v) is 12.7. The summed E-state index contributed by atoms with van der Waals surface area (Å²) in [5.74, 6) is -6.08. The third kappa shape index (κ3) is 16.5. The zero-order valence-corrected chi connectivity index (χ0v) is 42.3. The Morgan fingerprint density at radius 2 is 1.37 bits per heavy atom. The van der Waals surface area contributed by atoms with Gasteiger partial charge in [0.1, 0.15) is 67.1 Å². The molecule has 9 unspecified atom stereocenters. The second kappa shape index (κ2) is 29.5. The van der Waals surface area contributed by atoms with Crippen LogP contribution in [0.4, 0.5) is 0 Å². The highest BCUT2D eigenvalue weighted by Gasteiger charge is 2.57. The molecule has 0 radical (unpaired) electrons. The van der Waals surface area contributed by atoms with Crippen molar-refractivity contribution in [2.45, 2.75) is 131 Å². The topological polar surface area (TPSA) is 336 Å². The van der Waals surface area contributed by atoms with E-state index in [-0.39, 0.29) is 0 Å². The first-order valence-electron chi connectivity index (χ1n) is 24.6. The number of carboxylic acid groups (broad SMARTS) is 1. The number of carbonyl (C=O) groups excluding carboxylic acids is 2. The predicted molar refractivity (Wildman–Crippen MR) is 277 cm³/mol. The molecular weight excluding hydrogens is 991 g/mol. The monoisotopic (exact) mass is 1060 g/mol. The predicted octanol–water partition coefficient (Wildman–Crippen LogP) is 0.180.